The van der Waals surface area contributed by atoms with Crippen molar-refractivity contribution in [3.63, 3.8) is 0 Å². The molecule has 1 aromatic heterocycles. The van der Waals surface area contributed by atoms with E-state index in [-0.39, 0.29) is 23.2 Å². The fourth-order valence-electron chi connectivity index (χ4n) is 1.30. The Kier molecular flexibility index (Phi) is 4.40. The predicted molar refractivity (Wildman–Crippen MR) is 64.2 cm³/mol. The Bertz CT molecular complexity index is 521. The fourth-order valence-corrected chi connectivity index (χ4v) is 2.38. The smallest absolute Gasteiger partial charge is 0.182 e. The molecule has 1 aromatic rings. The Morgan fingerprint density at radius 3 is 2.71 bits per heavy atom. The minimum absolute atomic E-state index is 0.00490. The number of hydrogen-bond donors (Lipinski definition) is 1. The maximum absolute atomic E-state index is 11.4. The Hall–Kier alpha value is -1.68. The summed E-state index contributed by atoms with van der Waals surface area (Å²) in [5, 5.41) is 11.7. The van der Waals surface area contributed by atoms with Crippen LogP contribution in [0, 0.1) is 11.3 Å². The van der Waals surface area contributed by atoms with Crippen LogP contribution in [0.2, 0.25) is 0 Å². The number of aromatic nitrogens is 2. The second-order valence-corrected chi connectivity index (χ2v) is 6.01. The molecule has 1 N–H and O–H groups in total. The molecule has 0 amide bonds. The second kappa shape index (κ2) is 5.59. The summed E-state index contributed by atoms with van der Waals surface area (Å²) in [5.74, 6) is 0.420. The highest BCUT2D eigenvalue weighted by Gasteiger charge is 2.15. The van der Waals surface area contributed by atoms with E-state index in [1.54, 1.807) is 13.8 Å². The largest absolute Gasteiger partial charge is 0.364 e. The summed E-state index contributed by atoms with van der Waals surface area (Å²) in [5.41, 5.74) is 0.160. The van der Waals surface area contributed by atoms with E-state index in [1.165, 1.54) is 12.4 Å². The van der Waals surface area contributed by atoms with Gasteiger partial charge in [-0.25, -0.2) is 18.4 Å². The highest BCUT2D eigenvalue weighted by Crippen LogP contribution is 2.09. The van der Waals surface area contributed by atoms with Gasteiger partial charge in [-0.1, -0.05) is 6.92 Å². The van der Waals surface area contributed by atoms with Crippen LogP contribution in [0.25, 0.3) is 0 Å². The lowest BCUT2D eigenvalue weighted by Crippen LogP contribution is -2.27. The van der Waals surface area contributed by atoms with E-state index in [4.69, 9.17) is 5.26 Å². The first-order valence-corrected chi connectivity index (χ1v) is 6.98. The van der Waals surface area contributed by atoms with Gasteiger partial charge in [0, 0.05) is 24.2 Å². The van der Waals surface area contributed by atoms with Crippen molar-refractivity contribution >= 4 is 15.7 Å². The lowest BCUT2D eigenvalue weighted by atomic mass is 10.3. The lowest BCUT2D eigenvalue weighted by Gasteiger charge is -2.14. The van der Waals surface area contributed by atoms with Gasteiger partial charge in [-0.3, -0.25) is 0 Å². The van der Waals surface area contributed by atoms with E-state index in [0.717, 1.165) is 0 Å². The van der Waals surface area contributed by atoms with Crippen LogP contribution in [0.5, 0.6) is 0 Å². The third-order valence-electron chi connectivity index (χ3n) is 2.13. The maximum Gasteiger partial charge on any atom is 0.182 e. The van der Waals surface area contributed by atoms with Gasteiger partial charge in [0.2, 0.25) is 0 Å². The van der Waals surface area contributed by atoms with E-state index < -0.39 is 9.84 Å². The van der Waals surface area contributed by atoms with Crippen molar-refractivity contribution in [2.75, 3.05) is 16.8 Å². The molecular formula is C10H14N4O2S. The average Bonchev–Trinajstić information content (AvgIpc) is 2.29. The lowest BCUT2D eigenvalue weighted by molar-refractivity contribution is 0.593. The SMILES string of the molecule is CCS(=O)(=O)C[C@H](C)Nc1nccnc1C#N. The third kappa shape index (κ3) is 4.00. The Morgan fingerprint density at radius 2 is 2.12 bits per heavy atom. The number of hydrogen-bond acceptors (Lipinski definition) is 6. The van der Waals surface area contributed by atoms with Gasteiger partial charge in [-0.2, -0.15) is 5.26 Å². The molecule has 0 radical (unpaired) electrons. The molecule has 0 aromatic carbocycles. The molecule has 0 unspecified atom stereocenters. The Balaban J connectivity index is 2.76. The minimum atomic E-state index is -3.05. The molecule has 0 saturated heterocycles. The van der Waals surface area contributed by atoms with Crippen molar-refractivity contribution in [1.29, 1.82) is 5.26 Å². The molecule has 0 fully saturated rings. The van der Waals surface area contributed by atoms with E-state index in [0.29, 0.717) is 5.82 Å². The van der Waals surface area contributed by atoms with Crippen LogP contribution < -0.4 is 5.32 Å². The molecule has 17 heavy (non-hydrogen) atoms. The fraction of sp³-hybridized carbons (Fsp3) is 0.500. The maximum atomic E-state index is 11.4. The molecule has 1 heterocycles. The van der Waals surface area contributed by atoms with Crippen LogP contribution in [0.4, 0.5) is 5.82 Å². The predicted octanol–water partition coefficient (Wildman–Crippen LogP) is 0.583. The van der Waals surface area contributed by atoms with Gasteiger partial charge < -0.3 is 5.32 Å². The van der Waals surface area contributed by atoms with Gasteiger partial charge in [-0.05, 0) is 6.92 Å². The van der Waals surface area contributed by atoms with Crippen LogP contribution in [0.3, 0.4) is 0 Å². The molecule has 1 atom stereocenters. The van der Waals surface area contributed by atoms with Gasteiger partial charge >= 0.3 is 0 Å². The first-order chi connectivity index (χ1) is 7.98. The highest BCUT2D eigenvalue weighted by atomic mass is 32.2. The molecule has 0 aliphatic rings. The summed E-state index contributed by atoms with van der Waals surface area (Å²) < 4.78 is 22.8. The van der Waals surface area contributed by atoms with Crippen molar-refractivity contribution < 1.29 is 8.42 Å². The second-order valence-electron chi connectivity index (χ2n) is 3.61. The summed E-state index contributed by atoms with van der Waals surface area (Å²) in [4.78, 5) is 7.79. The van der Waals surface area contributed by atoms with Crippen LogP contribution in [0.1, 0.15) is 19.5 Å². The van der Waals surface area contributed by atoms with Crippen molar-refractivity contribution in [1.82, 2.24) is 9.97 Å². The van der Waals surface area contributed by atoms with Crippen molar-refractivity contribution in [3.8, 4) is 6.07 Å². The highest BCUT2D eigenvalue weighted by molar-refractivity contribution is 7.91. The van der Waals surface area contributed by atoms with E-state index >= 15 is 0 Å². The quantitative estimate of drug-likeness (QED) is 0.825. The van der Waals surface area contributed by atoms with Crippen LogP contribution >= 0.6 is 0 Å². The molecule has 6 nitrogen and oxygen atoms in total. The van der Waals surface area contributed by atoms with E-state index in [9.17, 15) is 8.42 Å². The van der Waals surface area contributed by atoms with Gasteiger partial charge in [0.15, 0.2) is 21.3 Å². The van der Waals surface area contributed by atoms with Crippen molar-refractivity contribution in [3.05, 3.63) is 18.1 Å². The zero-order valence-electron chi connectivity index (χ0n) is 9.71. The number of nitrogens with one attached hydrogen (secondary N) is 1. The first-order valence-electron chi connectivity index (χ1n) is 5.16. The van der Waals surface area contributed by atoms with Gasteiger partial charge in [-0.15, -0.1) is 0 Å². The summed E-state index contributed by atoms with van der Waals surface area (Å²) in [7, 11) is -3.05. The number of anilines is 1. The van der Waals surface area contributed by atoms with Crippen molar-refractivity contribution in [2.24, 2.45) is 0 Å². The molecule has 0 aliphatic carbocycles. The first kappa shape index (κ1) is 13.4. The topological polar surface area (TPSA) is 95.7 Å². The molecule has 0 saturated carbocycles. The Labute approximate surface area is 101 Å². The van der Waals surface area contributed by atoms with Crippen LogP contribution in [-0.4, -0.2) is 35.9 Å². The summed E-state index contributed by atoms with van der Waals surface area (Å²) in [6, 6.07) is 1.58. The average molecular weight is 254 g/mol. The monoisotopic (exact) mass is 254 g/mol. The molecule has 1 rings (SSSR count). The molecule has 0 aliphatic heterocycles. The van der Waals surface area contributed by atoms with Gasteiger partial charge in [0.1, 0.15) is 6.07 Å². The molecular weight excluding hydrogens is 240 g/mol. The van der Waals surface area contributed by atoms with Crippen molar-refractivity contribution in [2.45, 2.75) is 19.9 Å². The third-order valence-corrected chi connectivity index (χ3v) is 4.02. The van der Waals surface area contributed by atoms with E-state index in [2.05, 4.69) is 15.3 Å². The normalized spacial score (nSPS) is 12.8. The standard InChI is InChI=1S/C10H14N4O2S/c1-3-17(15,16)7-8(2)14-10-9(6-11)12-4-5-13-10/h4-5,8H,3,7H2,1-2H3,(H,13,14)/t8-/m0/s1. The molecule has 7 heteroatoms. The summed E-state index contributed by atoms with van der Waals surface area (Å²) >= 11 is 0. The molecule has 0 bridgehead atoms. The van der Waals surface area contributed by atoms with Crippen LogP contribution in [0.15, 0.2) is 12.4 Å². The zero-order chi connectivity index (χ0) is 12.9. The summed E-state index contributed by atoms with van der Waals surface area (Å²) in [6.07, 6.45) is 2.86. The number of sulfone groups is 1. The minimum Gasteiger partial charge on any atom is -0.364 e. The molecule has 92 valence electrons. The van der Waals surface area contributed by atoms with Crippen LogP contribution in [-0.2, 0) is 9.84 Å². The van der Waals surface area contributed by atoms with Gasteiger partial charge in [0.25, 0.3) is 0 Å². The molecule has 0 spiro atoms. The Morgan fingerprint density at radius 1 is 1.47 bits per heavy atom. The number of nitriles is 1. The summed E-state index contributed by atoms with van der Waals surface area (Å²) in [6.45, 7) is 3.33. The zero-order valence-corrected chi connectivity index (χ0v) is 10.5. The number of nitrogens with zero attached hydrogens (tertiary/aromatic N) is 3. The van der Waals surface area contributed by atoms with E-state index in [1.807, 2.05) is 6.07 Å². The van der Waals surface area contributed by atoms with Gasteiger partial charge in [0.05, 0.1) is 5.75 Å². The number of rotatable bonds is 5.